The summed E-state index contributed by atoms with van der Waals surface area (Å²) in [5, 5.41) is 0. The number of hydrogen-bond acceptors (Lipinski definition) is 3. The molecule has 1 saturated carbocycles. The zero-order chi connectivity index (χ0) is 16.1. The Morgan fingerprint density at radius 2 is 1.68 bits per heavy atom. The number of nitrogens with zero attached hydrogens (tertiary/aromatic N) is 1. The van der Waals surface area contributed by atoms with E-state index in [0.29, 0.717) is 12.8 Å². The second kappa shape index (κ2) is 5.31. The van der Waals surface area contributed by atoms with Gasteiger partial charge in [0, 0.05) is 17.0 Å². The Bertz CT molecular complexity index is 786. The van der Waals surface area contributed by atoms with Crippen LogP contribution in [0, 0.1) is 25.5 Å². The number of sulfonamides is 1. The van der Waals surface area contributed by atoms with Crippen LogP contribution < -0.4 is 4.31 Å². The Balaban J connectivity index is 2.11. The summed E-state index contributed by atoms with van der Waals surface area (Å²) in [6, 6.07) is 4.24. The van der Waals surface area contributed by atoms with Crippen LogP contribution in [0.3, 0.4) is 0 Å². The Hall–Kier alpha value is -1.47. The van der Waals surface area contributed by atoms with Crippen molar-refractivity contribution >= 4 is 27.0 Å². The molecule has 0 amide bonds. The van der Waals surface area contributed by atoms with Gasteiger partial charge in [-0.3, -0.25) is 4.31 Å². The molecule has 1 aliphatic carbocycles. The molecule has 0 unspecified atom stereocenters. The fraction of sp³-hybridized carbons (Fsp3) is 0.333. The largest absolute Gasteiger partial charge is 0.274 e. The highest BCUT2D eigenvalue weighted by molar-refractivity contribution is 7.94. The number of rotatable bonds is 4. The van der Waals surface area contributed by atoms with Gasteiger partial charge in [-0.1, -0.05) is 0 Å². The van der Waals surface area contributed by atoms with Gasteiger partial charge in [-0.25, -0.2) is 17.2 Å². The minimum Gasteiger partial charge on any atom is -0.262 e. The molecular formula is C15H15F2NO2S2. The van der Waals surface area contributed by atoms with E-state index in [1.165, 1.54) is 11.3 Å². The molecule has 7 heteroatoms. The smallest absolute Gasteiger partial charge is 0.262 e. The predicted octanol–water partition coefficient (Wildman–Crippen LogP) is 4.00. The van der Waals surface area contributed by atoms with Crippen LogP contribution in [0.4, 0.5) is 14.5 Å². The third-order valence-corrected chi connectivity index (χ3v) is 7.12. The molecule has 0 spiro atoms. The Kier molecular flexibility index (Phi) is 3.72. The van der Waals surface area contributed by atoms with Gasteiger partial charge in [0.05, 0.1) is 5.69 Å². The summed E-state index contributed by atoms with van der Waals surface area (Å²) in [7, 11) is -3.81. The van der Waals surface area contributed by atoms with Gasteiger partial charge in [-0.15, -0.1) is 11.3 Å². The first-order valence-corrected chi connectivity index (χ1v) is 9.12. The number of halogens is 2. The highest BCUT2D eigenvalue weighted by Gasteiger charge is 2.39. The van der Waals surface area contributed by atoms with E-state index in [0.717, 1.165) is 32.9 Å². The molecule has 1 aromatic carbocycles. The van der Waals surface area contributed by atoms with Crippen LogP contribution in [0.15, 0.2) is 28.5 Å². The van der Waals surface area contributed by atoms with E-state index in [1.807, 2.05) is 13.8 Å². The van der Waals surface area contributed by atoms with Crippen molar-refractivity contribution in [3.8, 4) is 0 Å². The van der Waals surface area contributed by atoms with E-state index in [-0.39, 0.29) is 15.9 Å². The molecule has 1 aliphatic rings. The minimum absolute atomic E-state index is 0.0451. The molecule has 0 saturated heterocycles. The van der Waals surface area contributed by atoms with E-state index in [2.05, 4.69) is 0 Å². The molecule has 118 valence electrons. The highest BCUT2D eigenvalue weighted by atomic mass is 32.2. The average Bonchev–Trinajstić information content (AvgIpc) is 3.14. The van der Waals surface area contributed by atoms with Gasteiger partial charge in [0.15, 0.2) is 0 Å². The normalized spacial score (nSPS) is 15.1. The monoisotopic (exact) mass is 343 g/mol. The number of anilines is 1. The van der Waals surface area contributed by atoms with Crippen LogP contribution in [-0.4, -0.2) is 14.5 Å². The zero-order valence-corrected chi connectivity index (χ0v) is 13.8. The lowest BCUT2D eigenvalue weighted by atomic mass is 10.3. The van der Waals surface area contributed by atoms with Crippen LogP contribution in [0.5, 0.6) is 0 Å². The lowest BCUT2D eigenvalue weighted by molar-refractivity contribution is 0.580. The van der Waals surface area contributed by atoms with Crippen LogP contribution in [0.25, 0.3) is 0 Å². The van der Waals surface area contributed by atoms with Gasteiger partial charge in [0.25, 0.3) is 10.0 Å². The van der Waals surface area contributed by atoms with Crippen LogP contribution in [0.2, 0.25) is 0 Å². The predicted molar refractivity (Wildman–Crippen MR) is 82.8 cm³/mol. The average molecular weight is 343 g/mol. The molecular weight excluding hydrogens is 328 g/mol. The summed E-state index contributed by atoms with van der Waals surface area (Å²) >= 11 is 1.18. The molecule has 1 aromatic heterocycles. The topological polar surface area (TPSA) is 37.4 Å². The third-order valence-electron chi connectivity index (χ3n) is 3.64. The van der Waals surface area contributed by atoms with Crippen molar-refractivity contribution in [2.45, 2.75) is 36.9 Å². The third kappa shape index (κ3) is 2.75. The van der Waals surface area contributed by atoms with Crippen molar-refractivity contribution in [1.82, 2.24) is 0 Å². The van der Waals surface area contributed by atoms with Crippen molar-refractivity contribution in [1.29, 1.82) is 0 Å². The highest BCUT2D eigenvalue weighted by Crippen LogP contribution is 2.39. The Labute approximate surface area is 132 Å². The maximum Gasteiger partial charge on any atom is 0.274 e. The second-order valence-electron chi connectivity index (χ2n) is 5.46. The molecule has 0 atom stereocenters. The summed E-state index contributed by atoms with van der Waals surface area (Å²) < 4.78 is 54.1. The van der Waals surface area contributed by atoms with E-state index >= 15 is 0 Å². The molecule has 1 heterocycles. The van der Waals surface area contributed by atoms with Gasteiger partial charge >= 0.3 is 0 Å². The van der Waals surface area contributed by atoms with E-state index in [1.54, 1.807) is 6.07 Å². The summed E-state index contributed by atoms with van der Waals surface area (Å²) in [5.74, 6) is -1.57. The molecule has 0 bridgehead atoms. The first-order chi connectivity index (χ1) is 10.3. The van der Waals surface area contributed by atoms with E-state index in [9.17, 15) is 17.2 Å². The minimum atomic E-state index is -3.81. The molecule has 0 radical (unpaired) electrons. The molecule has 22 heavy (non-hydrogen) atoms. The number of benzene rings is 1. The van der Waals surface area contributed by atoms with Crippen molar-refractivity contribution in [3.63, 3.8) is 0 Å². The molecule has 0 N–H and O–H groups in total. The SMILES string of the molecule is Cc1cc(S(=O)(=O)N(c2cc(F)cc(F)c2)C2CC2)sc1C. The number of aryl methyl sites for hydroxylation is 2. The van der Waals surface area contributed by atoms with Crippen LogP contribution in [-0.2, 0) is 10.0 Å². The fourth-order valence-corrected chi connectivity index (χ4v) is 5.59. The summed E-state index contributed by atoms with van der Waals surface area (Å²) in [5.41, 5.74) is 0.938. The lowest BCUT2D eigenvalue weighted by Gasteiger charge is -2.23. The molecule has 3 nitrogen and oxygen atoms in total. The second-order valence-corrected chi connectivity index (χ2v) is 8.76. The van der Waals surface area contributed by atoms with Gasteiger partial charge in [-0.2, -0.15) is 0 Å². The number of thiophene rings is 1. The molecule has 0 aliphatic heterocycles. The van der Waals surface area contributed by atoms with Crippen molar-refractivity contribution in [3.05, 3.63) is 46.3 Å². The van der Waals surface area contributed by atoms with Gasteiger partial charge < -0.3 is 0 Å². The molecule has 2 aromatic rings. The Morgan fingerprint density at radius 1 is 1.09 bits per heavy atom. The Morgan fingerprint density at radius 3 is 2.14 bits per heavy atom. The van der Waals surface area contributed by atoms with E-state index in [4.69, 9.17) is 0 Å². The van der Waals surface area contributed by atoms with E-state index < -0.39 is 21.7 Å². The first kappa shape index (κ1) is 15.4. The quantitative estimate of drug-likeness (QED) is 0.841. The maximum absolute atomic E-state index is 13.5. The molecule has 3 rings (SSSR count). The van der Waals surface area contributed by atoms with Crippen molar-refractivity contribution in [2.75, 3.05) is 4.31 Å². The summed E-state index contributed by atoms with van der Waals surface area (Å²) in [6.45, 7) is 3.69. The van der Waals surface area contributed by atoms with Gasteiger partial charge in [0.1, 0.15) is 15.8 Å². The van der Waals surface area contributed by atoms with Gasteiger partial charge in [0.2, 0.25) is 0 Å². The fourth-order valence-electron chi connectivity index (χ4n) is 2.28. The first-order valence-electron chi connectivity index (χ1n) is 6.86. The molecule has 1 fully saturated rings. The summed E-state index contributed by atoms with van der Waals surface area (Å²) in [4.78, 5) is 0.916. The lowest BCUT2D eigenvalue weighted by Crippen LogP contribution is -2.32. The van der Waals surface area contributed by atoms with Crippen LogP contribution >= 0.6 is 11.3 Å². The van der Waals surface area contributed by atoms with Gasteiger partial charge in [-0.05, 0) is 50.5 Å². The summed E-state index contributed by atoms with van der Waals surface area (Å²) in [6.07, 6.45) is 1.39. The zero-order valence-electron chi connectivity index (χ0n) is 12.1. The standard InChI is InChI=1S/C15H15F2NO2S2/c1-9-5-15(21-10(9)2)22(19,20)18(13-3-4-13)14-7-11(16)6-12(17)8-14/h5-8,13H,3-4H2,1-2H3. The van der Waals surface area contributed by atoms with Crippen molar-refractivity contribution in [2.24, 2.45) is 0 Å². The maximum atomic E-state index is 13.5. The van der Waals surface area contributed by atoms with Crippen LogP contribution in [0.1, 0.15) is 23.3 Å². The van der Waals surface area contributed by atoms with Crippen molar-refractivity contribution < 1.29 is 17.2 Å². The number of hydrogen-bond donors (Lipinski definition) is 0.